The van der Waals surface area contributed by atoms with Crippen LogP contribution in [0.3, 0.4) is 0 Å². The fourth-order valence-corrected chi connectivity index (χ4v) is 1.26. The molecule has 0 saturated heterocycles. The van der Waals surface area contributed by atoms with Crippen molar-refractivity contribution in [2.24, 2.45) is 0 Å². The summed E-state index contributed by atoms with van der Waals surface area (Å²) in [5.41, 5.74) is 0. The fourth-order valence-electron chi connectivity index (χ4n) is 1.12. The zero-order chi connectivity index (χ0) is 9.10. The molecule has 0 bridgehead atoms. The molecule has 0 radical (unpaired) electrons. The molecule has 0 aliphatic carbocycles. The van der Waals surface area contributed by atoms with Gasteiger partial charge < -0.3 is 4.90 Å². The van der Waals surface area contributed by atoms with Gasteiger partial charge in [0.25, 0.3) is 0 Å². The number of anilines is 1. The van der Waals surface area contributed by atoms with Crippen LogP contribution in [0.2, 0.25) is 5.15 Å². The second-order valence-corrected chi connectivity index (χ2v) is 3.01. The number of rotatable bonds is 1. The molecule has 1 aromatic rings. The first-order valence-electron chi connectivity index (χ1n) is 3.94. The van der Waals surface area contributed by atoms with E-state index in [2.05, 4.69) is 16.0 Å². The first-order valence-corrected chi connectivity index (χ1v) is 4.31. The van der Waals surface area contributed by atoms with Crippen molar-refractivity contribution in [3.8, 4) is 0 Å². The van der Waals surface area contributed by atoms with Crippen LogP contribution in [0, 0.1) is 0 Å². The molecule has 2 heterocycles. The Morgan fingerprint density at radius 2 is 2.23 bits per heavy atom. The van der Waals surface area contributed by atoms with Crippen LogP contribution in [-0.4, -0.2) is 16.5 Å². The van der Waals surface area contributed by atoms with E-state index in [0.717, 1.165) is 12.4 Å². The molecular weight excluding hydrogens is 186 g/mol. The Morgan fingerprint density at radius 3 is 2.92 bits per heavy atom. The topological polar surface area (TPSA) is 29.0 Å². The largest absolute Gasteiger partial charge is 0.329 e. The predicted octanol–water partition coefficient (Wildman–Crippen LogP) is 2.02. The maximum absolute atomic E-state index is 5.74. The Morgan fingerprint density at radius 1 is 1.31 bits per heavy atom. The van der Waals surface area contributed by atoms with E-state index in [1.165, 1.54) is 6.33 Å². The minimum Gasteiger partial charge on any atom is -0.329 e. The van der Waals surface area contributed by atoms with E-state index in [1.807, 2.05) is 23.3 Å². The summed E-state index contributed by atoms with van der Waals surface area (Å²) in [6.07, 6.45) is 9.43. The molecule has 0 fully saturated rings. The van der Waals surface area contributed by atoms with Crippen LogP contribution in [0.25, 0.3) is 0 Å². The number of allylic oxidation sites excluding steroid dienone is 2. The Kier molecular flexibility index (Phi) is 2.27. The molecule has 2 rings (SSSR count). The number of hydrogen-bond donors (Lipinski definition) is 0. The van der Waals surface area contributed by atoms with Crippen molar-refractivity contribution in [1.29, 1.82) is 0 Å². The van der Waals surface area contributed by atoms with Gasteiger partial charge in [0, 0.05) is 18.8 Å². The highest BCUT2D eigenvalue weighted by Gasteiger charge is 2.04. The predicted molar refractivity (Wildman–Crippen MR) is 52.7 cm³/mol. The first kappa shape index (κ1) is 8.26. The van der Waals surface area contributed by atoms with Gasteiger partial charge in [0.1, 0.15) is 17.3 Å². The van der Waals surface area contributed by atoms with Crippen LogP contribution in [0.4, 0.5) is 5.82 Å². The van der Waals surface area contributed by atoms with E-state index in [0.29, 0.717) is 5.15 Å². The zero-order valence-electron chi connectivity index (χ0n) is 6.89. The van der Waals surface area contributed by atoms with Gasteiger partial charge in [-0.05, 0) is 6.08 Å². The second-order valence-electron chi connectivity index (χ2n) is 2.62. The van der Waals surface area contributed by atoms with Crippen molar-refractivity contribution in [3.05, 3.63) is 42.0 Å². The highest BCUT2D eigenvalue weighted by Crippen LogP contribution is 2.15. The Balaban J connectivity index is 2.25. The Labute approximate surface area is 81.4 Å². The van der Waals surface area contributed by atoms with Crippen LogP contribution in [0.15, 0.2) is 36.8 Å². The van der Waals surface area contributed by atoms with Crippen molar-refractivity contribution in [3.63, 3.8) is 0 Å². The molecule has 0 atom stereocenters. The van der Waals surface area contributed by atoms with Gasteiger partial charge in [-0.2, -0.15) is 0 Å². The number of hydrogen-bond acceptors (Lipinski definition) is 3. The molecule has 0 saturated carbocycles. The van der Waals surface area contributed by atoms with Crippen LogP contribution in [0.1, 0.15) is 0 Å². The first-order chi connectivity index (χ1) is 6.36. The van der Waals surface area contributed by atoms with Crippen molar-refractivity contribution in [1.82, 2.24) is 9.97 Å². The van der Waals surface area contributed by atoms with Gasteiger partial charge in [0.15, 0.2) is 0 Å². The van der Waals surface area contributed by atoms with E-state index in [1.54, 1.807) is 6.07 Å². The average molecular weight is 194 g/mol. The molecule has 0 unspecified atom stereocenters. The summed E-state index contributed by atoms with van der Waals surface area (Å²) in [7, 11) is 0. The highest BCUT2D eigenvalue weighted by atomic mass is 35.5. The van der Waals surface area contributed by atoms with E-state index >= 15 is 0 Å². The molecule has 3 nitrogen and oxygen atoms in total. The maximum atomic E-state index is 5.74. The van der Waals surface area contributed by atoms with Gasteiger partial charge >= 0.3 is 0 Å². The average Bonchev–Trinajstić information content (AvgIpc) is 2.19. The minimum atomic E-state index is 0.466. The molecule has 0 amide bonds. The van der Waals surface area contributed by atoms with Crippen molar-refractivity contribution < 1.29 is 0 Å². The van der Waals surface area contributed by atoms with Gasteiger partial charge in [0.05, 0.1) is 0 Å². The molecule has 0 N–H and O–H groups in total. The number of nitrogens with zero attached hydrogens (tertiary/aromatic N) is 3. The summed E-state index contributed by atoms with van der Waals surface area (Å²) in [5, 5.41) is 0.466. The summed E-state index contributed by atoms with van der Waals surface area (Å²) in [6.45, 7) is 0.823. The van der Waals surface area contributed by atoms with E-state index in [4.69, 9.17) is 11.6 Å². The van der Waals surface area contributed by atoms with E-state index < -0.39 is 0 Å². The lowest BCUT2D eigenvalue weighted by Crippen LogP contribution is -2.18. The lowest BCUT2D eigenvalue weighted by atomic mass is 10.3. The van der Waals surface area contributed by atoms with Crippen LogP contribution in [0.5, 0.6) is 0 Å². The van der Waals surface area contributed by atoms with Crippen molar-refractivity contribution in [2.75, 3.05) is 11.4 Å². The smallest absolute Gasteiger partial charge is 0.137 e. The molecule has 0 spiro atoms. The summed E-state index contributed by atoms with van der Waals surface area (Å²) < 4.78 is 0. The molecular formula is C9H8ClN3. The van der Waals surface area contributed by atoms with Gasteiger partial charge in [-0.25, -0.2) is 9.97 Å². The van der Waals surface area contributed by atoms with Gasteiger partial charge in [0.2, 0.25) is 0 Å². The normalized spacial score (nSPS) is 15.0. The lowest BCUT2D eigenvalue weighted by Gasteiger charge is -2.18. The Hall–Kier alpha value is -1.35. The number of halogens is 1. The van der Waals surface area contributed by atoms with E-state index in [9.17, 15) is 0 Å². The van der Waals surface area contributed by atoms with Crippen LogP contribution >= 0.6 is 11.6 Å². The van der Waals surface area contributed by atoms with E-state index in [-0.39, 0.29) is 0 Å². The monoisotopic (exact) mass is 193 g/mol. The van der Waals surface area contributed by atoms with Gasteiger partial charge in [-0.3, -0.25) is 0 Å². The molecule has 1 aliphatic rings. The zero-order valence-corrected chi connectivity index (χ0v) is 7.65. The lowest BCUT2D eigenvalue weighted by molar-refractivity contribution is 1.01. The molecule has 66 valence electrons. The molecule has 4 heteroatoms. The summed E-state index contributed by atoms with van der Waals surface area (Å²) in [6, 6.07) is 1.74. The molecule has 1 aromatic heterocycles. The Bertz CT molecular complexity index is 360. The maximum Gasteiger partial charge on any atom is 0.137 e. The summed E-state index contributed by atoms with van der Waals surface area (Å²) >= 11 is 5.74. The van der Waals surface area contributed by atoms with Crippen LogP contribution in [-0.2, 0) is 0 Å². The van der Waals surface area contributed by atoms with Crippen LogP contribution < -0.4 is 4.90 Å². The second kappa shape index (κ2) is 3.58. The molecule has 1 aliphatic heterocycles. The number of aromatic nitrogens is 2. The highest BCUT2D eigenvalue weighted by molar-refractivity contribution is 6.29. The summed E-state index contributed by atoms with van der Waals surface area (Å²) in [5.74, 6) is 0.820. The summed E-state index contributed by atoms with van der Waals surface area (Å²) in [4.78, 5) is 9.92. The van der Waals surface area contributed by atoms with Crippen molar-refractivity contribution in [2.45, 2.75) is 0 Å². The third-order valence-electron chi connectivity index (χ3n) is 1.73. The quantitative estimate of drug-likeness (QED) is 0.639. The minimum absolute atomic E-state index is 0.466. The third-order valence-corrected chi connectivity index (χ3v) is 1.94. The molecule has 0 aromatic carbocycles. The van der Waals surface area contributed by atoms with Gasteiger partial charge in [-0.15, -0.1) is 0 Å². The fraction of sp³-hybridized carbons (Fsp3) is 0.111. The van der Waals surface area contributed by atoms with Gasteiger partial charge in [-0.1, -0.05) is 23.8 Å². The molecule has 13 heavy (non-hydrogen) atoms. The SMILES string of the molecule is Clc1cc(N2C=CC=CC2)ncn1. The third kappa shape index (κ3) is 1.87. The standard InChI is InChI=1S/C9H8ClN3/c10-8-6-9(12-7-11-8)13-4-2-1-3-5-13/h1-4,6-7H,5H2. The van der Waals surface area contributed by atoms with Crippen molar-refractivity contribution >= 4 is 17.4 Å².